The molecule has 1 atom stereocenters. The van der Waals surface area contributed by atoms with E-state index in [4.69, 9.17) is 0 Å². The summed E-state index contributed by atoms with van der Waals surface area (Å²) in [4.78, 5) is 39.4. The summed E-state index contributed by atoms with van der Waals surface area (Å²) in [5.41, 5.74) is 0.601. The number of H-pyrrole nitrogens is 2. The first-order chi connectivity index (χ1) is 12.5. The van der Waals surface area contributed by atoms with Crippen LogP contribution in [0.3, 0.4) is 0 Å². The van der Waals surface area contributed by atoms with E-state index in [1.807, 2.05) is 30.3 Å². The van der Waals surface area contributed by atoms with Gasteiger partial charge in [-0.05, 0) is 18.6 Å². The number of rotatable bonds is 8. The predicted molar refractivity (Wildman–Crippen MR) is 103 cm³/mol. The van der Waals surface area contributed by atoms with Gasteiger partial charge < -0.3 is 15.4 Å². The van der Waals surface area contributed by atoms with Crippen molar-refractivity contribution in [2.45, 2.75) is 18.7 Å². The number of aromatic amines is 2. The highest BCUT2D eigenvalue weighted by Gasteiger charge is 2.10. The van der Waals surface area contributed by atoms with Crippen LogP contribution in [0.15, 0.2) is 46.0 Å². The van der Waals surface area contributed by atoms with Gasteiger partial charge in [0.05, 0.1) is 18.2 Å². The lowest BCUT2D eigenvalue weighted by Crippen LogP contribution is -2.38. The molecule has 0 aliphatic carbocycles. The van der Waals surface area contributed by atoms with Crippen molar-refractivity contribution in [3.05, 3.63) is 74.1 Å². The van der Waals surface area contributed by atoms with Gasteiger partial charge in [0.15, 0.2) is 0 Å². The number of aryl methyl sites for hydroxylation is 1. The van der Waals surface area contributed by atoms with E-state index in [0.717, 1.165) is 5.75 Å². The smallest absolute Gasteiger partial charge is 0.325 e. The molecule has 2 aromatic rings. The fourth-order valence-electron chi connectivity index (χ4n) is 2.25. The van der Waals surface area contributed by atoms with Crippen molar-refractivity contribution in [3.8, 4) is 0 Å². The molecule has 0 fully saturated rings. The van der Waals surface area contributed by atoms with Gasteiger partial charge in [-0.2, -0.15) is 11.8 Å². The minimum atomic E-state index is -0.593. The van der Waals surface area contributed by atoms with Gasteiger partial charge in [0.2, 0.25) is 5.91 Å². The third-order valence-electron chi connectivity index (χ3n) is 3.58. The molecule has 0 aliphatic heterocycles. The van der Waals surface area contributed by atoms with Crippen molar-refractivity contribution in [1.29, 1.82) is 0 Å². The molecule has 7 nitrogen and oxygen atoms in total. The molecule has 0 radical (unpaired) electrons. The summed E-state index contributed by atoms with van der Waals surface area (Å²) >= 11 is 1.61. The average Bonchev–Trinajstić information content (AvgIpc) is 2.60. The number of aliphatic hydroxyl groups is 1. The summed E-state index contributed by atoms with van der Waals surface area (Å²) in [5.74, 6) is 0.924. The van der Waals surface area contributed by atoms with Crippen LogP contribution in [0, 0.1) is 6.92 Å². The number of benzene rings is 1. The first-order valence-electron chi connectivity index (χ1n) is 8.04. The SMILES string of the molecule is Cc1[nH]c(=O)[nH]c(=O)c1/C=C/C(=O)N[C@H](CO)CSCc1ccccc1. The van der Waals surface area contributed by atoms with Crippen LogP contribution in [0.1, 0.15) is 16.8 Å². The van der Waals surface area contributed by atoms with Crippen molar-refractivity contribution in [2.24, 2.45) is 0 Å². The first kappa shape index (κ1) is 19.7. The van der Waals surface area contributed by atoms with Gasteiger partial charge in [-0.3, -0.25) is 14.6 Å². The second-order valence-electron chi connectivity index (χ2n) is 5.67. The Labute approximate surface area is 154 Å². The normalized spacial score (nSPS) is 12.2. The van der Waals surface area contributed by atoms with E-state index in [-0.39, 0.29) is 12.2 Å². The molecule has 0 bridgehead atoms. The van der Waals surface area contributed by atoms with Crippen LogP contribution < -0.4 is 16.6 Å². The van der Waals surface area contributed by atoms with E-state index >= 15 is 0 Å². The second-order valence-corrected chi connectivity index (χ2v) is 6.70. The number of hydrogen-bond donors (Lipinski definition) is 4. The van der Waals surface area contributed by atoms with Crippen molar-refractivity contribution in [3.63, 3.8) is 0 Å². The van der Waals surface area contributed by atoms with Crippen molar-refractivity contribution < 1.29 is 9.90 Å². The summed E-state index contributed by atoms with van der Waals surface area (Å²) < 4.78 is 0. The van der Waals surface area contributed by atoms with Gasteiger partial charge in [-0.15, -0.1) is 0 Å². The van der Waals surface area contributed by atoms with Gasteiger partial charge in [0.1, 0.15) is 0 Å². The highest BCUT2D eigenvalue weighted by atomic mass is 32.2. The zero-order chi connectivity index (χ0) is 18.9. The maximum absolute atomic E-state index is 12.0. The van der Waals surface area contributed by atoms with E-state index in [2.05, 4.69) is 15.3 Å². The average molecular weight is 375 g/mol. The molecule has 0 saturated heterocycles. The molecule has 2 rings (SSSR count). The molecule has 1 amide bonds. The highest BCUT2D eigenvalue weighted by molar-refractivity contribution is 7.98. The fraction of sp³-hybridized carbons (Fsp3) is 0.278. The van der Waals surface area contributed by atoms with E-state index < -0.39 is 23.2 Å². The van der Waals surface area contributed by atoms with Crippen LogP contribution >= 0.6 is 11.8 Å². The summed E-state index contributed by atoms with van der Waals surface area (Å²) in [6.07, 6.45) is 2.55. The predicted octanol–water partition coefficient (Wildman–Crippen LogP) is 0.795. The lowest BCUT2D eigenvalue weighted by atomic mass is 10.2. The molecule has 0 aliphatic rings. The Kier molecular flexibility index (Phi) is 7.43. The van der Waals surface area contributed by atoms with Crippen molar-refractivity contribution in [2.75, 3.05) is 12.4 Å². The maximum atomic E-state index is 12.0. The van der Waals surface area contributed by atoms with Crippen LogP contribution in [-0.4, -0.2) is 39.4 Å². The zero-order valence-corrected chi connectivity index (χ0v) is 15.1. The van der Waals surface area contributed by atoms with Gasteiger partial charge in [-0.1, -0.05) is 30.3 Å². The maximum Gasteiger partial charge on any atom is 0.325 e. The van der Waals surface area contributed by atoms with Crippen molar-refractivity contribution >= 4 is 23.7 Å². The van der Waals surface area contributed by atoms with Gasteiger partial charge in [0, 0.05) is 23.3 Å². The Bertz CT molecular complexity index is 874. The van der Waals surface area contributed by atoms with Crippen LogP contribution in [0.4, 0.5) is 0 Å². The molecule has 1 aromatic heterocycles. The Morgan fingerprint density at radius 1 is 1.27 bits per heavy atom. The Morgan fingerprint density at radius 2 is 2.00 bits per heavy atom. The fourth-order valence-corrected chi connectivity index (χ4v) is 3.27. The minimum absolute atomic E-state index is 0.181. The summed E-state index contributed by atoms with van der Waals surface area (Å²) in [5, 5.41) is 12.1. The molecule has 8 heteroatoms. The number of carbonyl (C=O) groups excluding carboxylic acids is 1. The van der Waals surface area contributed by atoms with E-state index in [1.54, 1.807) is 18.7 Å². The largest absolute Gasteiger partial charge is 0.394 e. The molecule has 0 spiro atoms. The third kappa shape index (κ3) is 6.05. The summed E-state index contributed by atoms with van der Waals surface area (Å²) in [7, 11) is 0. The summed E-state index contributed by atoms with van der Waals surface area (Å²) in [6, 6.07) is 9.53. The van der Waals surface area contributed by atoms with Crippen LogP contribution in [0.25, 0.3) is 6.08 Å². The lowest BCUT2D eigenvalue weighted by Gasteiger charge is -2.14. The van der Waals surface area contributed by atoms with Gasteiger partial charge in [0.25, 0.3) is 5.56 Å². The molecule has 1 heterocycles. The van der Waals surface area contributed by atoms with Gasteiger partial charge >= 0.3 is 5.69 Å². The van der Waals surface area contributed by atoms with E-state index in [0.29, 0.717) is 11.4 Å². The van der Waals surface area contributed by atoms with Crippen molar-refractivity contribution in [1.82, 2.24) is 15.3 Å². The van der Waals surface area contributed by atoms with E-state index in [1.165, 1.54) is 17.7 Å². The number of thioether (sulfide) groups is 1. The summed E-state index contributed by atoms with van der Waals surface area (Å²) in [6.45, 7) is 1.39. The van der Waals surface area contributed by atoms with Crippen LogP contribution in [-0.2, 0) is 10.5 Å². The molecule has 0 unspecified atom stereocenters. The van der Waals surface area contributed by atoms with E-state index in [9.17, 15) is 19.5 Å². The van der Waals surface area contributed by atoms with Crippen LogP contribution in [0.5, 0.6) is 0 Å². The molecule has 0 saturated carbocycles. The zero-order valence-electron chi connectivity index (χ0n) is 14.3. The molecule has 4 N–H and O–H groups in total. The number of carbonyl (C=O) groups is 1. The number of hydrogen-bond acceptors (Lipinski definition) is 5. The molecule has 138 valence electrons. The quantitative estimate of drug-likeness (QED) is 0.510. The Morgan fingerprint density at radius 3 is 2.65 bits per heavy atom. The number of nitrogens with one attached hydrogen (secondary N) is 3. The first-order valence-corrected chi connectivity index (χ1v) is 9.19. The monoisotopic (exact) mass is 375 g/mol. The number of aromatic nitrogens is 2. The minimum Gasteiger partial charge on any atom is -0.394 e. The standard InChI is InChI=1S/C18H21N3O4S/c1-12-15(17(24)21-18(25)19-12)7-8-16(23)20-14(9-22)11-26-10-13-5-3-2-4-6-13/h2-8,14,22H,9-11H2,1H3,(H,20,23)(H2,19,21,24,25)/b8-7+/t14-/m1/s1. The topological polar surface area (TPSA) is 115 Å². The molecule has 1 aromatic carbocycles. The Hall–Kier alpha value is -2.58. The molecule has 26 heavy (non-hydrogen) atoms. The Balaban J connectivity index is 1.88. The second kappa shape index (κ2) is 9.79. The third-order valence-corrected chi connectivity index (χ3v) is 4.75. The lowest BCUT2D eigenvalue weighted by molar-refractivity contribution is -0.117. The molecular formula is C18H21N3O4S. The van der Waals surface area contributed by atoms with Crippen LogP contribution in [0.2, 0.25) is 0 Å². The van der Waals surface area contributed by atoms with Gasteiger partial charge in [-0.25, -0.2) is 4.79 Å². The molecular weight excluding hydrogens is 354 g/mol. The number of aliphatic hydroxyl groups excluding tert-OH is 1. The number of amides is 1. The highest BCUT2D eigenvalue weighted by Crippen LogP contribution is 2.12.